The Hall–Kier alpha value is -3.12. The molecule has 0 saturated heterocycles. The van der Waals surface area contributed by atoms with Crippen LogP contribution in [0.1, 0.15) is 26.3 Å². The third kappa shape index (κ3) is 4.95. The standard InChI is InChI=1S/C21H17BrN2O3/c22-19-13-7-6-12-18(19)21(26)24-23-20(25)17-11-5-4-8-15(17)14-27-16-9-2-1-3-10-16/h1-13H,14H2,(H,23,25)(H,24,26). The summed E-state index contributed by atoms with van der Waals surface area (Å²) in [6.45, 7) is 0.242. The Bertz CT molecular complexity index is 945. The number of para-hydroxylation sites is 1. The number of hydrogen-bond acceptors (Lipinski definition) is 3. The quantitative estimate of drug-likeness (QED) is 0.605. The van der Waals surface area contributed by atoms with Crippen molar-refractivity contribution in [2.24, 2.45) is 0 Å². The van der Waals surface area contributed by atoms with Crippen LogP contribution in [0.5, 0.6) is 5.75 Å². The van der Waals surface area contributed by atoms with Crippen molar-refractivity contribution in [3.05, 3.63) is 100 Å². The Kier molecular flexibility index (Phi) is 6.22. The first kappa shape index (κ1) is 18.7. The number of hydrazine groups is 1. The van der Waals surface area contributed by atoms with Crippen LogP contribution in [-0.2, 0) is 6.61 Å². The predicted molar refractivity (Wildman–Crippen MR) is 106 cm³/mol. The monoisotopic (exact) mass is 424 g/mol. The fourth-order valence-electron chi connectivity index (χ4n) is 2.44. The maximum atomic E-state index is 12.5. The number of ether oxygens (including phenoxy) is 1. The van der Waals surface area contributed by atoms with Crippen LogP contribution in [0.2, 0.25) is 0 Å². The van der Waals surface area contributed by atoms with E-state index in [1.807, 2.05) is 48.5 Å². The number of carbonyl (C=O) groups excluding carboxylic acids is 2. The zero-order chi connectivity index (χ0) is 19.1. The topological polar surface area (TPSA) is 67.4 Å². The highest BCUT2D eigenvalue weighted by molar-refractivity contribution is 9.10. The van der Waals surface area contributed by atoms with Gasteiger partial charge >= 0.3 is 0 Å². The van der Waals surface area contributed by atoms with Crippen molar-refractivity contribution in [3.63, 3.8) is 0 Å². The highest BCUT2D eigenvalue weighted by Crippen LogP contribution is 2.16. The first-order valence-corrected chi connectivity index (χ1v) is 9.05. The van der Waals surface area contributed by atoms with Crippen LogP contribution >= 0.6 is 15.9 Å². The van der Waals surface area contributed by atoms with Crippen LogP contribution < -0.4 is 15.6 Å². The van der Waals surface area contributed by atoms with Gasteiger partial charge in [-0.05, 0) is 46.3 Å². The summed E-state index contributed by atoms with van der Waals surface area (Å²) >= 11 is 3.31. The Morgan fingerprint density at radius 3 is 2.00 bits per heavy atom. The maximum absolute atomic E-state index is 12.5. The average Bonchev–Trinajstić information content (AvgIpc) is 2.71. The molecule has 0 saturated carbocycles. The molecule has 2 N–H and O–H groups in total. The first-order chi connectivity index (χ1) is 13.1. The molecule has 2 amide bonds. The first-order valence-electron chi connectivity index (χ1n) is 8.26. The van der Waals surface area contributed by atoms with Crippen molar-refractivity contribution < 1.29 is 14.3 Å². The van der Waals surface area contributed by atoms with Gasteiger partial charge in [-0.25, -0.2) is 0 Å². The lowest BCUT2D eigenvalue weighted by molar-refractivity contribution is 0.0845. The summed E-state index contributed by atoms with van der Waals surface area (Å²) in [5, 5.41) is 0. The van der Waals surface area contributed by atoms with E-state index in [0.717, 1.165) is 5.75 Å². The number of rotatable bonds is 5. The van der Waals surface area contributed by atoms with Crippen molar-refractivity contribution in [2.75, 3.05) is 0 Å². The molecule has 0 bridgehead atoms. The maximum Gasteiger partial charge on any atom is 0.270 e. The number of halogens is 1. The van der Waals surface area contributed by atoms with Gasteiger partial charge in [0.05, 0.1) is 5.56 Å². The molecule has 0 spiro atoms. The van der Waals surface area contributed by atoms with Crippen LogP contribution in [0.3, 0.4) is 0 Å². The van der Waals surface area contributed by atoms with Crippen LogP contribution in [0, 0.1) is 0 Å². The highest BCUT2D eigenvalue weighted by Gasteiger charge is 2.14. The van der Waals surface area contributed by atoms with E-state index in [9.17, 15) is 9.59 Å². The van der Waals surface area contributed by atoms with Crippen LogP contribution in [0.25, 0.3) is 0 Å². The van der Waals surface area contributed by atoms with Gasteiger partial charge in [0.2, 0.25) is 0 Å². The van der Waals surface area contributed by atoms with E-state index in [2.05, 4.69) is 26.8 Å². The summed E-state index contributed by atoms with van der Waals surface area (Å²) in [5.74, 6) is -0.105. The van der Waals surface area contributed by atoms with Gasteiger partial charge in [0.25, 0.3) is 11.8 Å². The summed E-state index contributed by atoms with van der Waals surface area (Å²) in [4.78, 5) is 24.7. The fraction of sp³-hybridized carbons (Fsp3) is 0.0476. The van der Waals surface area contributed by atoms with E-state index in [1.165, 1.54) is 0 Å². The van der Waals surface area contributed by atoms with Gasteiger partial charge in [-0.1, -0.05) is 48.5 Å². The molecule has 136 valence electrons. The summed E-state index contributed by atoms with van der Waals surface area (Å²) in [7, 11) is 0. The summed E-state index contributed by atoms with van der Waals surface area (Å²) in [6.07, 6.45) is 0. The molecular formula is C21H17BrN2O3. The van der Waals surface area contributed by atoms with E-state index >= 15 is 0 Å². The molecule has 0 heterocycles. The zero-order valence-electron chi connectivity index (χ0n) is 14.3. The number of benzene rings is 3. The number of carbonyl (C=O) groups is 2. The van der Waals surface area contributed by atoms with Gasteiger partial charge in [0, 0.05) is 15.6 Å². The zero-order valence-corrected chi connectivity index (χ0v) is 15.9. The lowest BCUT2D eigenvalue weighted by Crippen LogP contribution is -2.42. The van der Waals surface area contributed by atoms with Crippen molar-refractivity contribution in [1.82, 2.24) is 10.9 Å². The van der Waals surface area contributed by atoms with Crippen LogP contribution in [0.15, 0.2) is 83.3 Å². The Morgan fingerprint density at radius 1 is 0.741 bits per heavy atom. The highest BCUT2D eigenvalue weighted by atomic mass is 79.9. The smallest absolute Gasteiger partial charge is 0.270 e. The second-order valence-corrected chi connectivity index (χ2v) is 6.50. The van der Waals surface area contributed by atoms with Crippen molar-refractivity contribution >= 4 is 27.7 Å². The summed E-state index contributed by atoms with van der Waals surface area (Å²) in [6, 6.07) is 23.4. The molecule has 0 aliphatic carbocycles. The van der Waals surface area contributed by atoms with Gasteiger partial charge < -0.3 is 4.74 Å². The minimum absolute atomic E-state index is 0.242. The minimum Gasteiger partial charge on any atom is -0.489 e. The van der Waals surface area contributed by atoms with Gasteiger partial charge in [-0.15, -0.1) is 0 Å². The largest absolute Gasteiger partial charge is 0.489 e. The Balaban J connectivity index is 1.65. The predicted octanol–water partition coefficient (Wildman–Crippen LogP) is 4.10. The van der Waals surface area contributed by atoms with Gasteiger partial charge in [-0.3, -0.25) is 20.4 Å². The molecule has 0 radical (unpaired) electrons. The molecule has 6 heteroatoms. The van der Waals surface area contributed by atoms with Crippen molar-refractivity contribution in [2.45, 2.75) is 6.61 Å². The molecule has 3 rings (SSSR count). The minimum atomic E-state index is -0.414. The van der Waals surface area contributed by atoms with Crippen molar-refractivity contribution in [1.29, 1.82) is 0 Å². The Morgan fingerprint density at radius 2 is 1.30 bits per heavy atom. The van der Waals surface area contributed by atoms with E-state index in [0.29, 0.717) is 21.2 Å². The number of hydrogen-bond donors (Lipinski definition) is 2. The molecule has 0 fully saturated rings. The number of amides is 2. The number of nitrogens with one attached hydrogen (secondary N) is 2. The van der Waals surface area contributed by atoms with E-state index in [1.54, 1.807) is 30.3 Å². The van der Waals surface area contributed by atoms with E-state index in [4.69, 9.17) is 4.74 Å². The lowest BCUT2D eigenvalue weighted by Gasteiger charge is -2.12. The third-order valence-corrected chi connectivity index (χ3v) is 4.50. The molecule has 5 nitrogen and oxygen atoms in total. The molecule has 27 heavy (non-hydrogen) atoms. The average molecular weight is 425 g/mol. The molecule has 0 aromatic heterocycles. The fourth-order valence-corrected chi connectivity index (χ4v) is 2.90. The second kappa shape index (κ2) is 9.00. The molecule has 0 unspecified atom stereocenters. The SMILES string of the molecule is O=C(NNC(=O)c1ccccc1COc1ccccc1)c1ccccc1Br. The molecular weight excluding hydrogens is 408 g/mol. The van der Waals surface area contributed by atoms with Crippen LogP contribution in [-0.4, -0.2) is 11.8 Å². The van der Waals surface area contributed by atoms with E-state index in [-0.39, 0.29) is 6.61 Å². The summed E-state index contributed by atoms with van der Waals surface area (Å²) in [5.41, 5.74) is 6.46. The molecule has 0 aliphatic rings. The Labute approximate surface area is 165 Å². The normalized spacial score (nSPS) is 10.1. The van der Waals surface area contributed by atoms with Crippen molar-refractivity contribution in [3.8, 4) is 5.75 Å². The molecule has 3 aromatic rings. The summed E-state index contributed by atoms with van der Waals surface area (Å²) < 4.78 is 6.37. The molecule has 0 atom stereocenters. The second-order valence-electron chi connectivity index (χ2n) is 5.65. The lowest BCUT2D eigenvalue weighted by atomic mass is 10.1. The van der Waals surface area contributed by atoms with E-state index < -0.39 is 11.8 Å². The van der Waals surface area contributed by atoms with Gasteiger partial charge in [0.1, 0.15) is 12.4 Å². The molecule has 0 aliphatic heterocycles. The van der Waals surface area contributed by atoms with Gasteiger partial charge in [-0.2, -0.15) is 0 Å². The van der Waals surface area contributed by atoms with Crippen LogP contribution in [0.4, 0.5) is 0 Å². The molecule has 3 aromatic carbocycles. The van der Waals surface area contributed by atoms with Gasteiger partial charge in [0.15, 0.2) is 0 Å². The third-order valence-electron chi connectivity index (χ3n) is 3.81.